The molecule has 100 valence electrons. The van der Waals surface area contributed by atoms with Gasteiger partial charge < -0.3 is 5.32 Å². The molecule has 19 heavy (non-hydrogen) atoms. The van der Waals surface area contributed by atoms with Crippen LogP contribution in [0.1, 0.15) is 18.9 Å². The lowest BCUT2D eigenvalue weighted by Crippen LogP contribution is -2.16. The number of aromatic amines is 1. The zero-order chi connectivity index (χ0) is 13.4. The second-order valence-electron chi connectivity index (χ2n) is 4.11. The zero-order valence-electron chi connectivity index (χ0n) is 10.1. The third-order valence-corrected chi connectivity index (χ3v) is 4.53. The van der Waals surface area contributed by atoms with Gasteiger partial charge in [0.05, 0.1) is 4.47 Å². The molecular weight excluding hydrogens is 332 g/mol. The van der Waals surface area contributed by atoms with Gasteiger partial charge in [-0.2, -0.15) is 0 Å². The first kappa shape index (κ1) is 12.7. The Labute approximate surface area is 121 Å². The molecule has 0 aliphatic heterocycles. The summed E-state index contributed by atoms with van der Waals surface area (Å²) in [7, 11) is 1.76. The van der Waals surface area contributed by atoms with Crippen LogP contribution in [0.15, 0.2) is 25.6 Å². The molecule has 0 aromatic carbocycles. The number of halogens is 1. The van der Waals surface area contributed by atoms with Gasteiger partial charge in [-0.05, 0) is 40.5 Å². The molecule has 2 aromatic heterocycles. The molecule has 1 fully saturated rings. The molecule has 0 spiro atoms. The number of hydrogen-bond donors (Lipinski definition) is 2. The summed E-state index contributed by atoms with van der Waals surface area (Å²) in [6.45, 7) is 0. The smallest absolute Gasteiger partial charge is 0.344 e. The van der Waals surface area contributed by atoms with E-state index in [2.05, 4.69) is 41.4 Å². The molecule has 0 unspecified atom stereocenters. The molecule has 1 aliphatic carbocycles. The van der Waals surface area contributed by atoms with E-state index in [4.69, 9.17) is 0 Å². The van der Waals surface area contributed by atoms with Gasteiger partial charge in [-0.25, -0.2) is 19.9 Å². The number of hydrogen-bond acceptors (Lipinski definition) is 6. The van der Waals surface area contributed by atoms with Crippen molar-refractivity contribution in [2.24, 2.45) is 0 Å². The highest BCUT2D eigenvalue weighted by molar-refractivity contribution is 9.10. The molecule has 3 rings (SSSR count). The Bertz CT molecular complexity index is 664. The minimum absolute atomic E-state index is 0.163. The number of nitrogens with zero attached hydrogens (tertiary/aromatic N) is 4. The van der Waals surface area contributed by atoms with Crippen LogP contribution >= 0.6 is 27.7 Å². The van der Waals surface area contributed by atoms with Crippen molar-refractivity contribution in [3.8, 4) is 0 Å². The van der Waals surface area contributed by atoms with Crippen LogP contribution in [0, 0.1) is 0 Å². The average molecular weight is 343 g/mol. The number of rotatable bonds is 4. The molecule has 2 N–H and O–H groups in total. The Morgan fingerprint density at radius 2 is 2.37 bits per heavy atom. The van der Waals surface area contributed by atoms with E-state index in [0.29, 0.717) is 11.1 Å². The Morgan fingerprint density at radius 3 is 3.05 bits per heavy atom. The minimum atomic E-state index is -0.163. The fourth-order valence-corrected chi connectivity index (χ4v) is 2.96. The van der Waals surface area contributed by atoms with Gasteiger partial charge in [0.1, 0.15) is 5.03 Å². The lowest BCUT2D eigenvalue weighted by molar-refractivity contribution is 0.642. The van der Waals surface area contributed by atoms with Crippen molar-refractivity contribution in [1.82, 2.24) is 24.7 Å². The third kappa shape index (κ3) is 2.52. The fourth-order valence-electron chi connectivity index (χ4n) is 1.65. The van der Waals surface area contributed by atoms with Crippen molar-refractivity contribution in [1.29, 1.82) is 0 Å². The van der Waals surface area contributed by atoms with E-state index in [0.717, 1.165) is 22.3 Å². The van der Waals surface area contributed by atoms with Crippen LogP contribution < -0.4 is 11.0 Å². The highest BCUT2D eigenvalue weighted by Crippen LogP contribution is 2.38. The average Bonchev–Trinajstić information content (AvgIpc) is 3.17. The molecule has 0 saturated heterocycles. The van der Waals surface area contributed by atoms with Gasteiger partial charge in [-0.3, -0.25) is 4.57 Å². The van der Waals surface area contributed by atoms with E-state index in [1.54, 1.807) is 17.8 Å². The van der Waals surface area contributed by atoms with Gasteiger partial charge in [0.2, 0.25) is 5.95 Å². The first-order chi connectivity index (χ1) is 9.19. The predicted molar refractivity (Wildman–Crippen MR) is 74.5 cm³/mol. The van der Waals surface area contributed by atoms with Crippen LogP contribution in [0.25, 0.3) is 0 Å². The van der Waals surface area contributed by atoms with Crippen molar-refractivity contribution in [2.45, 2.75) is 29.1 Å². The van der Waals surface area contributed by atoms with Crippen molar-refractivity contribution in [3.63, 3.8) is 0 Å². The summed E-state index contributed by atoms with van der Waals surface area (Å²) in [4.78, 5) is 20.1. The highest BCUT2D eigenvalue weighted by atomic mass is 79.9. The van der Waals surface area contributed by atoms with E-state index in [1.165, 1.54) is 11.8 Å². The van der Waals surface area contributed by atoms with Gasteiger partial charge in [0.25, 0.3) is 0 Å². The number of H-pyrrole nitrogens is 1. The second-order valence-corrected chi connectivity index (χ2v) is 5.92. The molecule has 0 atom stereocenters. The molecule has 9 heteroatoms. The molecule has 1 aliphatic rings. The quantitative estimate of drug-likeness (QED) is 0.821. The third-order valence-electron chi connectivity index (χ3n) is 2.71. The standard InChI is InChI=1S/C10H11BrN6OS/c1-12-8-13-4-6(11)7(14-8)19-10-16-15-9(18)17(10)5-2-3-5/h4-5H,2-3H2,1H3,(H,15,18)(H,12,13,14). The van der Waals surface area contributed by atoms with E-state index < -0.39 is 0 Å². The summed E-state index contributed by atoms with van der Waals surface area (Å²) in [5.41, 5.74) is -0.163. The van der Waals surface area contributed by atoms with Gasteiger partial charge in [0.15, 0.2) is 5.16 Å². The van der Waals surface area contributed by atoms with Crippen LogP contribution in [-0.2, 0) is 0 Å². The largest absolute Gasteiger partial charge is 0.357 e. The lowest BCUT2D eigenvalue weighted by atomic mass is 10.7. The Balaban J connectivity index is 1.95. The van der Waals surface area contributed by atoms with Gasteiger partial charge >= 0.3 is 5.69 Å². The van der Waals surface area contributed by atoms with Crippen LogP contribution in [0.5, 0.6) is 0 Å². The molecule has 7 nitrogen and oxygen atoms in total. The Hall–Kier alpha value is -1.35. The van der Waals surface area contributed by atoms with Gasteiger partial charge in [0, 0.05) is 19.3 Å². The first-order valence-corrected chi connectivity index (χ1v) is 7.35. The summed E-state index contributed by atoms with van der Waals surface area (Å²) in [6, 6.07) is 0.276. The maximum Gasteiger partial charge on any atom is 0.344 e. The Morgan fingerprint density at radius 1 is 1.58 bits per heavy atom. The lowest BCUT2D eigenvalue weighted by Gasteiger charge is -2.05. The maximum atomic E-state index is 11.7. The van der Waals surface area contributed by atoms with Crippen molar-refractivity contribution in [3.05, 3.63) is 21.2 Å². The van der Waals surface area contributed by atoms with Crippen LogP contribution in [0.4, 0.5) is 5.95 Å². The van der Waals surface area contributed by atoms with E-state index in [9.17, 15) is 4.79 Å². The zero-order valence-corrected chi connectivity index (χ0v) is 12.5. The molecule has 0 radical (unpaired) electrons. The van der Waals surface area contributed by atoms with Crippen molar-refractivity contribution < 1.29 is 0 Å². The summed E-state index contributed by atoms with van der Waals surface area (Å²) in [5, 5.41) is 10.8. The highest BCUT2D eigenvalue weighted by Gasteiger charge is 2.29. The first-order valence-electron chi connectivity index (χ1n) is 5.74. The summed E-state index contributed by atoms with van der Waals surface area (Å²) < 4.78 is 2.47. The number of aromatic nitrogens is 5. The van der Waals surface area contributed by atoms with Gasteiger partial charge in [-0.15, -0.1) is 5.10 Å². The van der Waals surface area contributed by atoms with Crippen molar-refractivity contribution >= 4 is 33.6 Å². The second kappa shape index (κ2) is 4.97. The maximum absolute atomic E-state index is 11.7. The SMILES string of the molecule is CNc1ncc(Br)c(Sc2n[nH]c(=O)n2C2CC2)n1. The number of anilines is 1. The molecule has 2 heterocycles. The summed E-state index contributed by atoms with van der Waals surface area (Å²) in [6.07, 6.45) is 3.73. The molecule has 2 aromatic rings. The Kier molecular flexibility index (Phi) is 3.31. The van der Waals surface area contributed by atoms with E-state index in [1.807, 2.05) is 0 Å². The minimum Gasteiger partial charge on any atom is -0.357 e. The van der Waals surface area contributed by atoms with Crippen LogP contribution in [0.2, 0.25) is 0 Å². The normalized spacial score (nSPS) is 14.6. The predicted octanol–water partition coefficient (Wildman–Crippen LogP) is 1.65. The van der Waals surface area contributed by atoms with Crippen LogP contribution in [0.3, 0.4) is 0 Å². The van der Waals surface area contributed by atoms with Crippen LogP contribution in [-0.4, -0.2) is 31.8 Å². The topological polar surface area (TPSA) is 88.5 Å². The molecule has 0 bridgehead atoms. The van der Waals surface area contributed by atoms with E-state index >= 15 is 0 Å². The fraction of sp³-hybridized carbons (Fsp3) is 0.400. The summed E-state index contributed by atoms with van der Waals surface area (Å²) in [5.74, 6) is 0.529. The molecular formula is C10H11BrN6OS. The van der Waals surface area contributed by atoms with E-state index in [-0.39, 0.29) is 11.7 Å². The monoisotopic (exact) mass is 342 g/mol. The number of nitrogens with one attached hydrogen (secondary N) is 2. The molecule has 0 amide bonds. The van der Waals surface area contributed by atoms with Crippen molar-refractivity contribution in [2.75, 3.05) is 12.4 Å². The molecule has 1 saturated carbocycles. The van der Waals surface area contributed by atoms with Gasteiger partial charge in [-0.1, -0.05) is 0 Å². The summed E-state index contributed by atoms with van der Waals surface area (Å²) >= 11 is 4.74.